The van der Waals surface area contributed by atoms with Crippen LogP contribution in [0.2, 0.25) is 0 Å². The number of benzene rings is 1. The lowest BCUT2D eigenvalue weighted by Gasteiger charge is -2.31. The predicted octanol–water partition coefficient (Wildman–Crippen LogP) is 3.20. The van der Waals surface area contributed by atoms with Crippen molar-refractivity contribution in [1.82, 2.24) is 10.2 Å². The van der Waals surface area contributed by atoms with Crippen LogP contribution >= 0.6 is 11.3 Å². The lowest BCUT2D eigenvalue weighted by Crippen LogP contribution is -2.46. The van der Waals surface area contributed by atoms with Gasteiger partial charge in [-0.2, -0.15) is 0 Å². The van der Waals surface area contributed by atoms with Gasteiger partial charge in [0.2, 0.25) is 0 Å². The van der Waals surface area contributed by atoms with Crippen LogP contribution in [0, 0.1) is 20.8 Å². The number of fused-ring (bicyclic) bond motifs is 2. The topological polar surface area (TPSA) is 78.9 Å². The van der Waals surface area contributed by atoms with E-state index in [1.165, 1.54) is 0 Å². The minimum atomic E-state index is -0.977. The highest BCUT2D eigenvalue weighted by molar-refractivity contribution is 7.10. The van der Waals surface area contributed by atoms with Crippen molar-refractivity contribution < 1.29 is 19.4 Å². The van der Waals surface area contributed by atoms with Gasteiger partial charge in [-0.1, -0.05) is 12.1 Å². The highest BCUT2D eigenvalue weighted by atomic mass is 32.1. The summed E-state index contributed by atoms with van der Waals surface area (Å²) in [7, 11) is 0. The zero-order valence-corrected chi connectivity index (χ0v) is 17.8. The number of thiophene rings is 1. The molecule has 3 amide bonds. The Kier molecular flexibility index (Phi) is 5.12. The molecular formula is C22H26N2O4S. The molecule has 0 bridgehead atoms. The first-order valence-corrected chi connectivity index (χ1v) is 10.8. The Morgan fingerprint density at radius 3 is 2.79 bits per heavy atom. The van der Waals surface area contributed by atoms with Crippen LogP contribution in [-0.2, 0) is 16.8 Å². The van der Waals surface area contributed by atoms with E-state index in [9.17, 15) is 14.7 Å². The summed E-state index contributed by atoms with van der Waals surface area (Å²) in [6.07, 6.45) is 1.41. The van der Waals surface area contributed by atoms with Crippen molar-refractivity contribution in [3.8, 4) is 5.75 Å². The Morgan fingerprint density at radius 2 is 2.00 bits per heavy atom. The fourth-order valence-corrected chi connectivity index (χ4v) is 5.30. The van der Waals surface area contributed by atoms with E-state index in [0.717, 1.165) is 50.6 Å². The van der Waals surface area contributed by atoms with Crippen LogP contribution in [0.5, 0.6) is 5.75 Å². The Hall–Kier alpha value is -2.38. The van der Waals surface area contributed by atoms with Crippen LogP contribution < -0.4 is 10.1 Å². The normalized spacial score (nSPS) is 22.0. The average Bonchev–Trinajstić information content (AvgIpc) is 3.26. The van der Waals surface area contributed by atoms with Crippen LogP contribution in [0.25, 0.3) is 0 Å². The lowest BCUT2D eigenvalue weighted by molar-refractivity contribution is -0.133. The molecule has 154 valence electrons. The van der Waals surface area contributed by atoms with Crippen molar-refractivity contribution in [1.29, 1.82) is 0 Å². The maximum absolute atomic E-state index is 13.2. The van der Waals surface area contributed by atoms with Gasteiger partial charge in [0.05, 0.1) is 6.54 Å². The van der Waals surface area contributed by atoms with E-state index in [2.05, 4.69) is 5.32 Å². The summed E-state index contributed by atoms with van der Waals surface area (Å²) in [6, 6.07) is 5.50. The number of ether oxygens (including phenoxy) is 1. The smallest absolute Gasteiger partial charge is 0.325 e. The van der Waals surface area contributed by atoms with Gasteiger partial charge >= 0.3 is 6.03 Å². The van der Waals surface area contributed by atoms with Crippen molar-refractivity contribution in [2.24, 2.45) is 0 Å². The summed E-state index contributed by atoms with van der Waals surface area (Å²) in [4.78, 5) is 28.1. The molecule has 1 aliphatic carbocycles. The van der Waals surface area contributed by atoms with Crippen molar-refractivity contribution in [3.05, 3.63) is 50.7 Å². The van der Waals surface area contributed by atoms with Gasteiger partial charge in [0, 0.05) is 10.4 Å². The molecule has 0 unspecified atom stereocenters. The van der Waals surface area contributed by atoms with E-state index in [4.69, 9.17) is 4.74 Å². The molecule has 2 aromatic rings. The minimum Gasteiger partial charge on any atom is -0.490 e. The summed E-state index contributed by atoms with van der Waals surface area (Å²) in [5.41, 5.74) is 3.06. The number of aliphatic hydroxyl groups excluding tert-OH is 1. The molecule has 7 heteroatoms. The molecule has 1 aromatic heterocycles. The zero-order chi connectivity index (χ0) is 20.8. The third-order valence-corrected chi connectivity index (χ3v) is 7.00. The van der Waals surface area contributed by atoms with Gasteiger partial charge in [-0.15, -0.1) is 11.3 Å². The SMILES string of the molecule is Cc1ccc(C)c(OC[C@H](O)CN2C(=O)N[C@@]3(CCCc4sccc43)C2=O)c1C. The number of rotatable bonds is 5. The van der Waals surface area contributed by atoms with Crippen molar-refractivity contribution in [2.75, 3.05) is 13.2 Å². The van der Waals surface area contributed by atoms with Gasteiger partial charge < -0.3 is 15.2 Å². The maximum Gasteiger partial charge on any atom is 0.325 e. The molecule has 1 aromatic carbocycles. The van der Waals surface area contributed by atoms with Gasteiger partial charge in [0.1, 0.15) is 24.0 Å². The number of urea groups is 1. The highest BCUT2D eigenvalue weighted by Gasteiger charge is 2.54. The molecule has 4 rings (SSSR count). The molecule has 1 saturated heterocycles. The molecule has 2 N–H and O–H groups in total. The van der Waals surface area contributed by atoms with Gasteiger partial charge in [-0.3, -0.25) is 9.69 Å². The van der Waals surface area contributed by atoms with E-state index >= 15 is 0 Å². The first-order chi connectivity index (χ1) is 13.8. The van der Waals surface area contributed by atoms with E-state index in [1.807, 2.05) is 44.4 Å². The molecule has 2 aliphatic rings. The number of carbonyl (C=O) groups is 2. The predicted molar refractivity (Wildman–Crippen MR) is 111 cm³/mol. The second-order valence-electron chi connectivity index (χ2n) is 7.98. The van der Waals surface area contributed by atoms with Crippen LogP contribution in [0.15, 0.2) is 23.6 Å². The number of aliphatic hydroxyl groups is 1. The largest absolute Gasteiger partial charge is 0.490 e. The van der Waals surface area contributed by atoms with Crippen LogP contribution in [0.3, 0.4) is 0 Å². The molecule has 0 radical (unpaired) electrons. The second kappa shape index (κ2) is 7.46. The van der Waals surface area contributed by atoms with Crippen LogP contribution in [0.4, 0.5) is 4.79 Å². The molecule has 0 saturated carbocycles. The summed E-state index contributed by atoms with van der Waals surface area (Å²) >= 11 is 1.62. The van der Waals surface area contributed by atoms with Crippen molar-refractivity contribution >= 4 is 23.3 Å². The highest BCUT2D eigenvalue weighted by Crippen LogP contribution is 2.42. The fraction of sp³-hybridized carbons (Fsp3) is 0.455. The first kappa shape index (κ1) is 19.9. The van der Waals surface area contributed by atoms with Crippen molar-refractivity contribution in [3.63, 3.8) is 0 Å². The summed E-state index contributed by atoms with van der Waals surface area (Å²) < 4.78 is 5.85. The number of amides is 3. The molecule has 2 heterocycles. The van der Waals surface area contributed by atoms with Gasteiger partial charge in [-0.05, 0) is 68.2 Å². The standard InChI is InChI=1S/C22H26N2O4S/c1-13-6-7-14(2)19(15(13)3)28-12-16(25)11-24-20(26)22(23-21(24)27)9-4-5-18-17(22)8-10-29-18/h6-8,10,16,25H,4-5,9,11-12H2,1-3H3,(H,23,27)/t16-,22-/m1/s1. The maximum atomic E-state index is 13.2. The summed E-state index contributed by atoms with van der Waals surface area (Å²) in [5, 5.41) is 15.4. The van der Waals surface area contributed by atoms with E-state index in [1.54, 1.807) is 11.3 Å². The Balaban J connectivity index is 1.46. The molecule has 29 heavy (non-hydrogen) atoms. The second-order valence-corrected chi connectivity index (χ2v) is 8.98. The third kappa shape index (κ3) is 3.32. The van der Waals surface area contributed by atoms with Gasteiger partial charge in [-0.25, -0.2) is 4.79 Å². The summed E-state index contributed by atoms with van der Waals surface area (Å²) in [6.45, 7) is 5.87. The quantitative estimate of drug-likeness (QED) is 0.737. The lowest BCUT2D eigenvalue weighted by atomic mass is 9.80. The van der Waals surface area contributed by atoms with Crippen molar-refractivity contribution in [2.45, 2.75) is 51.7 Å². The number of hydrogen-bond acceptors (Lipinski definition) is 5. The molecule has 6 nitrogen and oxygen atoms in total. The molecular weight excluding hydrogens is 388 g/mol. The molecule has 1 fully saturated rings. The molecule has 2 atom stereocenters. The van der Waals surface area contributed by atoms with Gasteiger partial charge in [0.25, 0.3) is 5.91 Å². The Bertz CT molecular complexity index is 970. The number of nitrogens with zero attached hydrogens (tertiary/aromatic N) is 1. The Morgan fingerprint density at radius 1 is 1.24 bits per heavy atom. The van der Waals surface area contributed by atoms with E-state index < -0.39 is 17.7 Å². The number of imide groups is 1. The molecule has 1 aliphatic heterocycles. The Labute approximate surface area is 174 Å². The number of carbonyl (C=O) groups excluding carboxylic acids is 2. The third-order valence-electron chi connectivity index (χ3n) is 6.02. The average molecular weight is 415 g/mol. The van der Waals surface area contributed by atoms with E-state index in [0.29, 0.717) is 6.42 Å². The van der Waals surface area contributed by atoms with E-state index in [-0.39, 0.29) is 19.1 Å². The monoisotopic (exact) mass is 414 g/mol. The molecule has 1 spiro atoms. The van der Waals surface area contributed by atoms with Crippen LogP contribution in [-0.4, -0.2) is 41.2 Å². The minimum absolute atomic E-state index is 0.0128. The number of β-amino-alcohol motifs (C(OH)–C–C–N with tert-alkyl or cyclic N) is 1. The number of nitrogens with one attached hydrogen (secondary N) is 1. The fourth-order valence-electron chi connectivity index (χ4n) is 4.30. The van der Waals surface area contributed by atoms with Gasteiger partial charge in [0.15, 0.2) is 0 Å². The summed E-state index contributed by atoms with van der Waals surface area (Å²) in [5.74, 6) is 0.469. The first-order valence-electron chi connectivity index (χ1n) is 9.92. The zero-order valence-electron chi connectivity index (χ0n) is 16.9. The number of aryl methyl sites for hydroxylation is 3. The van der Waals surface area contributed by atoms with Crippen LogP contribution in [0.1, 0.15) is 40.0 Å². The number of hydrogen-bond donors (Lipinski definition) is 2.